The minimum atomic E-state index is -1.03. The third-order valence-electron chi connectivity index (χ3n) is 7.87. The molecule has 0 bridgehead atoms. The Bertz CT molecular complexity index is 1240. The zero-order chi connectivity index (χ0) is 23.9. The van der Waals surface area contributed by atoms with Gasteiger partial charge in [-0.2, -0.15) is 0 Å². The van der Waals surface area contributed by atoms with Gasteiger partial charge in [0.1, 0.15) is 11.2 Å². The predicted octanol–water partition coefficient (Wildman–Crippen LogP) is 5.91. The van der Waals surface area contributed by atoms with Gasteiger partial charge in [0.05, 0.1) is 6.54 Å². The van der Waals surface area contributed by atoms with Crippen LogP contribution in [0.2, 0.25) is 0 Å². The summed E-state index contributed by atoms with van der Waals surface area (Å²) in [4.78, 5) is 29.8. The smallest absolute Gasteiger partial charge is 0.275 e. The van der Waals surface area contributed by atoms with Gasteiger partial charge in [0.2, 0.25) is 5.91 Å². The van der Waals surface area contributed by atoms with Gasteiger partial charge >= 0.3 is 0 Å². The Morgan fingerprint density at radius 3 is 2.38 bits per heavy atom. The third kappa shape index (κ3) is 3.91. The fourth-order valence-electron chi connectivity index (χ4n) is 5.66. The number of nitrogens with zero attached hydrogens (tertiary/aromatic N) is 2. The van der Waals surface area contributed by atoms with Gasteiger partial charge in [0.25, 0.3) is 5.91 Å². The van der Waals surface area contributed by atoms with Crippen molar-refractivity contribution >= 4 is 28.4 Å². The fourth-order valence-corrected chi connectivity index (χ4v) is 5.66. The Balaban J connectivity index is 1.58. The van der Waals surface area contributed by atoms with E-state index < -0.39 is 5.54 Å². The van der Waals surface area contributed by atoms with E-state index in [0.717, 1.165) is 47.8 Å². The lowest BCUT2D eigenvalue weighted by Gasteiger charge is -2.44. The molecule has 1 saturated carbocycles. The van der Waals surface area contributed by atoms with Crippen molar-refractivity contribution in [1.29, 1.82) is 0 Å². The van der Waals surface area contributed by atoms with Crippen molar-refractivity contribution in [3.8, 4) is 0 Å². The van der Waals surface area contributed by atoms with Crippen LogP contribution in [0.5, 0.6) is 0 Å². The van der Waals surface area contributed by atoms with Crippen LogP contribution in [0, 0.1) is 13.8 Å². The molecule has 5 nitrogen and oxygen atoms in total. The van der Waals surface area contributed by atoms with Crippen molar-refractivity contribution in [2.75, 3.05) is 4.90 Å². The van der Waals surface area contributed by atoms with Gasteiger partial charge in [0, 0.05) is 22.6 Å². The number of aromatic nitrogens is 1. The number of nitrogens with one attached hydrogen (secondary N) is 1. The van der Waals surface area contributed by atoms with E-state index in [1.807, 2.05) is 60.0 Å². The first kappa shape index (κ1) is 22.7. The molecule has 5 rings (SSSR count). The summed E-state index contributed by atoms with van der Waals surface area (Å²) in [6, 6.07) is 16.2. The molecule has 1 aliphatic carbocycles. The lowest BCUT2D eigenvalue weighted by molar-refractivity contribution is -0.127. The second kappa shape index (κ2) is 8.94. The summed E-state index contributed by atoms with van der Waals surface area (Å²) in [5.74, 6) is -0.186. The molecule has 2 aliphatic rings. The van der Waals surface area contributed by atoms with E-state index >= 15 is 0 Å². The molecule has 1 atom stereocenters. The lowest BCUT2D eigenvalue weighted by atomic mass is 9.91. The maximum atomic E-state index is 14.0. The van der Waals surface area contributed by atoms with Gasteiger partial charge in [0.15, 0.2) is 0 Å². The van der Waals surface area contributed by atoms with E-state index in [2.05, 4.69) is 19.2 Å². The first-order chi connectivity index (χ1) is 16.4. The number of rotatable bonds is 3. The molecule has 0 spiro atoms. The zero-order valence-corrected chi connectivity index (χ0v) is 20.6. The molecule has 2 amide bonds. The minimum absolute atomic E-state index is 0.0620. The number of hydrogen-bond acceptors (Lipinski definition) is 2. The highest BCUT2D eigenvalue weighted by Gasteiger charge is 2.49. The molecule has 0 radical (unpaired) electrons. The molecule has 178 valence electrons. The van der Waals surface area contributed by atoms with E-state index in [4.69, 9.17) is 0 Å². The van der Waals surface area contributed by atoms with E-state index in [0.29, 0.717) is 12.2 Å². The summed E-state index contributed by atoms with van der Waals surface area (Å²) in [5, 5.41) is 4.39. The highest BCUT2D eigenvalue weighted by molar-refractivity contribution is 6.14. The first-order valence-corrected chi connectivity index (χ1v) is 12.7. The number of aryl methyl sites for hydroxylation is 2. The molecule has 1 fully saturated rings. The summed E-state index contributed by atoms with van der Waals surface area (Å²) in [5.41, 5.74) is 3.66. The number of fused-ring (bicyclic) bond motifs is 3. The Morgan fingerprint density at radius 2 is 1.65 bits per heavy atom. The number of para-hydroxylation sites is 1. The molecule has 2 heterocycles. The number of carbonyl (C=O) groups is 2. The van der Waals surface area contributed by atoms with Crippen molar-refractivity contribution in [1.82, 2.24) is 9.88 Å². The zero-order valence-electron chi connectivity index (χ0n) is 20.6. The van der Waals surface area contributed by atoms with Crippen LogP contribution in [0.15, 0.2) is 48.5 Å². The number of anilines is 1. The molecular weight excluding hydrogens is 422 g/mol. The van der Waals surface area contributed by atoms with Gasteiger partial charge in [-0.1, -0.05) is 56.4 Å². The maximum absolute atomic E-state index is 14.0. The summed E-state index contributed by atoms with van der Waals surface area (Å²) >= 11 is 0. The van der Waals surface area contributed by atoms with Crippen LogP contribution < -0.4 is 10.2 Å². The maximum Gasteiger partial charge on any atom is 0.275 e. The van der Waals surface area contributed by atoms with Crippen molar-refractivity contribution in [2.24, 2.45) is 0 Å². The summed E-state index contributed by atoms with van der Waals surface area (Å²) in [7, 11) is 0. The van der Waals surface area contributed by atoms with Crippen LogP contribution in [-0.2, 0) is 11.3 Å². The molecule has 0 unspecified atom stereocenters. The van der Waals surface area contributed by atoms with Gasteiger partial charge in [-0.3, -0.25) is 14.5 Å². The van der Waals surface area contributed by atoms with Crippen molar-refractivity contribution in [3.63, 3.8) is 0 Å². The van der Waals surface area contributed by atoms with Crippen LogP contribution in [0.4, 0.5) is 5.69 Å². The van der Waals surface area contributed by atoms with Gasteiger partial charge < -0.3 is 9.88 Å². The Hall–Kier alpha value is -3.08. The number of hydrogen-bond donors (Lipinski definition) is 1. The molecule has 1 aliphatic heterocycles. The van der Waals surface area contributed by atoms with Crippen molar-refractivity contribution in [3.05, 3.63) is 65.4 Å². The highest BCUT2D eigenvalue weighted by Crippen LogP contribution is 2.36. The van der Waals surface area contributed by atoms with E-state index in [-0.39, 0.29) is 17.9 Å². The Morgan fingerprint density at radius 1 is 0.941 bits per heavy atom. The van der Waals surface area contributed by atoms with Crippen LogP contribution >= 0.6 is 0 Å². The molecule has 34 heavy (non-hydrogen) atoms. The number of benzene rings is 2. The van der Waals surface area contributed by atoms with Gasteiger partial charge in [-0.15, -0.1) is 0 Å². The molecule has 5 heteroatoms. The quantitative estimate of drug-likeness (QED) is 0.532. The summed E-state index contributed by atoms with van der Waals surface area (Å²) in [6.45, 7) is 6.47. The van der Waals surface area contributed by atoms with Crippen molar-refractivity contribution in [2.45, 2.75) is 83.8 Å². The van der Waals surface area contributed by atoms with Gasteiger partial charge in [-0.25, -0.2) is 0 Å². The highest BCUT2D eigenvalue weighted by atomic mass is 16.2. The Kier molecular flexibility index (Phi) is 5.97. The second-order valence-electron chi connectivity index (χ2n) is 10.4. The third-order valence-corrected chi connectivity index (χ3v) is 7.87. The lowest BCUT2D eigenvalue weighted by Crippen LogP contribution is -2.65. The monoisotopic (exact) mass is 457 g/mol. The standard InChI is InChI=1S/C29H35N3O2/c1-20-15-16-24(17-21(20)2)32-27(33)26-18-22-11-9-10-14-25(22)31(26)19-29(32,3)28(34)30-23-12-7-5-4-6-8-13-23/h9-11,14-18,23H,4-8,12-13,19H2,1-3H3,(H,30,34)/t29-/m1/s1. The molecule has 3 aromatic rings. The molecule has 0 saturated heterocycles. The topological polar surface area (TPSA) is 54.3 Å². The van der Waals surface area contributed by atoms with E-state index in [1.54, 1.807) is 4.90 Å². The average Bonchev–Trinajstić information content (AvgIpc) is 3.16. The van der Waals surface area contributed by atoms with E-state index in [1.165, 1.54) is 24.8 Å². The Labute approximate surface area is 202 Å². The summed E-state index contributed by atoms with van der Waals surface area (Å²) in [6.07, 6.45) is 8.07. The predicted molar refractivity (Wildman–Crippen MR) is 137 cm³/mol. The van der Waals surface area contributed by atoms with Gasteiger partial charge in [-0.05, 0) is 69.0 Å². The molecule has 1 N–H and O–H groups in total. The largest absolute Gasteiger partial charge is 0.351 e. The van der Waals surface area contributed by atoms with E-state index in [9.17, 15) is 9.59 Å². The second-order valence-corrected chi connectivity index (χ2v) is 10.4. The molecular formula is C29H35N3O2. The van der Waals surface area contributed by atoms with Crippen molar-refractivity contribution < 1.29 is 9.59 Å². The number of amides is 2. The summed E-state index contributed by atoms with van der Waals surface area (Å²) < 4.78 is 2.03. The molecule has 2 aromatic carbocycles. The minimum Gasteiger partial charge on any atom is -0.351 e. The number of carbonyl (C=O) groups excluding carboxylic acids is 2. The first-order valence-electron chi connectivity index (χ1n) is 12.7. The SMILES string of the molecule is Cc1ccc(N2C(=O)c3cc4ccccc4n3C[C@]2(C)C(=O)NC2CCCCCCC2)cc1C. The van der Waals surface area contributed by atoms with Crippen LogP contribution in [0.25, 0.3) is 10.9 Å². The average molecular weight is 458 g/mol. The van der Waals surface area contributed by atoms with Crippen LogP contribution in [0.1, 0.15) is 73.5 Å². The van der Waals surface area contributed by atoms with Crippen LogP contribution in [0.3, 0.4) is 0 Å². The van der Waals surface area contributed by atoms with Crippen LogP contribution in [-0.4, -0.2) is 28.0 Å². The fraction of sp³-hybridized carbons (Fsp3) is 0.448. The molecule has 1 aromatic heterocycles. The normalized spacial score (nSPS) is 21.7.